The smallest absolute Gasteiger partial charge is 0.333 e. The Bertz CT molecular complexity index is 298. The van der Waals surface area contributed by atoms with E-state index in [1.165, 1.54) is 6.08 Å². The van der Waals surface area contributed by atoms with Crippen LogP contribution in [0.4, 0.5) is 0 Å². The van der Waals surface area contributed by atoms with Crippen LogP contribution in [0.3, 0.4) is 0 Å². The third kappa shape index (κ3) is 16.4. The first-order valence-corrected chi connectivity index (χ1v) is 6.18. The molecule has 0 aromatic rings. The lowest BCUT2D eigenvalue weighted by atomic mass is 10.4. The van der Waals surface area contributed by atoms with Crippen LogP contribution < -0.4 is 5.32 Å². The number of carbonyl (C=O) groups is 2. The summed E-state index contributed by atoms with van der Waals surface area (Å²) in [7, 11) is 0. The van der Waals surface area contributed by atoms with Crippen LogP contribution in [0.5, 0.6) is 0 Å². The van der Waals surface area contributed by atoms with E-state index < -0.39 is 0 Å². The van der Waals surface area contributed by atoms with E-state index in [1.807, 2.05) is 20.8 Å². The summed E-state index contributed by atoms with van der Waals surface area (Å²) in [5.74, 6) is -0.468. The van der Waals surface area contributed by atoms with E-state index in [2.05, 4.69) is 18.5 Å². The first-order valence-electron chi connectivity index (χ1n) is 6.18. The van der Waals surface area contributed by atoms with Crippen LogP contribution in [0, 0.1) is 0 Å². The molecule has 0 rings (SSSR count). The van der Waals surface area contributed by atoms with Crippen LogP contribution in [-0.2, 0) is 19.1 Å². The molecule has 0 aromatic carbocycles. The minimum absolute atomic E-state index is 0.111. The number of rotatable bonds is 7. The van der Waals surface area contributed by atoms with Crippen molar-refractivity contribution in [3.05, 3.63) is 24.8 Å². The summed E-state index contributed by atoms with van der Waals surface area (Å²) < 4.78 is 9.70. The highest BCUT2D eigenvalue weighted by molar-refractivity contribution is 5.87. The number of hydrogen-bond acceptors (Lipinski definition) is 4. The Morgan fingerprint density at radius 1 is 1.32 bits per heavy atom. The van der Waals surface area contributed by atoms with Gasteiger partial charge in [-0.05, 0) is 33.8 Å². The second-order valence-corrected chi connectivity index (χ2v) is 3.98. The lowest BCUT2D eigenvalue weighted by molar-refractivity contribution is -0.140. The predicted molar refractivity (Wildman–Crippen MR) is 75.7 cm³/mol. The van der Waals surface area contributed by atoms with Gasteiger partial charge in [-0.3, -0.25) is 4.79 Å². The van der Waals surface area contributed by atoms with Crippen molar-refractivity contribution in [1.29, 1.82) is 0 Å². The number of nitrogens with one attached hydrogen (secondary N) is 1. The Balaban J connectivity index is 0. The van der Waals surface area contributed by atoms with Crippen molar-refractivity contribution in [2.75, 3.05) is 19.8 Å². The minimum Gasteiger partial charge on any atom is -0.460 e. The standard InChI is InChI=1S/C8H14O3.C6H11NO/c1-4-10-5-6-11-8(9)7(2)3;1-4-6(8)7-5(2)3/h2,4-6H2,1,3H3;4-5H,1H2,2-3H3,(H,7,8). The molecule has 0 saturated heterocycles. The van der Waals surface area contributed by atoms with E-state index in [9.17, 15) is 9.59 Å². The molecular formula is C14H25NO4. The number of esters is 1. The Kier molecular flexibility index (Phi) is 13.3. The van der Waals surface area contributed by atoms with Gasteiger partial charge in [-0.1, -0.05) is 13.2 Å². The molecule has 0 spiro atoms. The molecule has 5 heteroatoms. The minimum atomic E-state index is -0.357. The Hall–Kier alpha value is -1.62. The normalized spacial score (nSPS) is 9.11. The largest absolute Gasteiger partial charge is 0.460 e. The van der Waals surface area contributed by atoms with Gasteiger partial charge in [0.25, 0.3) is 0 Å². The highest BCUT2D eigenvalue weighted by atomic mass is 16.6. The number of hydrogen-bond donors (Lipinski definition) is 1. The second kappa shape index (κ2) is 12.8. The molecule has 1 N–H and O–H groups in total. The summed E-state index contributed by atoms with van der Waals surface area (Å²) >= 11 is 0. The molecule has 0 saturated carbocycles. The van der Waals surface area contributed by atoms with Gasteiger partial charge in [-0.15, -0.1) is 0 Å². The van der Waals surface area contributed by atoms with Gasteiger partial charge in [0.05, 0.1) is 6.61 Å². The summed E-state index contributed by atoms with van der Waals surface area (Å²) in [4.78, 5) is 21.1. The molecule has 110 valence electrons. The van der Waals surface area contributed by atoms with E-state index in [4.69, 9.17) is 9.47 Å². The molecule has 0 unspecified atom stereocenters. The maximum atomic E-state index is 10.7. The highest BCUT2D eigenvalue weighted by Crippen LogP contribution is 1.91. The molecule has 0 atom stereocenters. The van der Waals surface area contributed by atoms with Crippen molar-refractivity contribution >= 4 is 11.9 Å². The van der Waals surface area contributed by atoms with Crippen LogP contribution in [0.15, 0.2) is 24.8 Å². The van der Waals surface area contributed by atoms with Crippen molar-refractivity contribution in [3.8, 4) is 0 Å². The monoisotopic (exact) mass is 271 g/mol. The number of carbonyl (C=O) groups excluding carboxylic acids is 2. The van der Waals surface area contributed by atoms with Gasteiger partial charge in [-0.25, -0.2) is 4.79 Å². The summed E-state index contributed by atoms with van der Waals surface area (Å²) in [6, 6.07) is 0.209. The van der Waals surface area contributed by atoms with Crippen molar-refractivity contribution < 1.29 is 19.1 Å². The highest BCUT2D eigenvalue weighted by Gasteiger charge is 2.00. The topological polar surface area (TPSA) is 64.6 Å². The Labute approximate surface area is 115 Å². The van der Waals surface area contributed by atoms with Gasteiger partial charge in [0.1, 0.15) is 6.61 Å². The van der Waals surface area contributed by atoms with Crippen molar-refractivity contribution in [3.63, 3.8) is 0 Å². The van der Waals surface area contributed by atoms with Gasteiger partial charge in [0, 0.05) is 18.2 Å². The van der Waals surface area contributed by atoms with Gasteiger partial charge < -0.3 is 14.8 Å². The summed E-state index contributed by atoms with van der Waals surface area (Å²) in [5.41, 5.74) is 0.418. The van der Waals surface area contributed by atoms with Crippen LogP contribution in [0.1, 0.15) is 27.7 Å². The summed E-state index contributed by atoms with van der Waals surface area (Å²) in [6.45, 7) is 15.5. The van der Waals surface area contributed by atoms with E-state index in [0.717, 1.165) is 0 Å². The summed E-state index contributed by atoms with van der Waals surface area (Å²) in [5, 5.41) is 2.64. The molecule has 1 amide bonds. The number of ether oxygens (including phenoxy) is 2. The SMILES string of the molecule is C=C(C)C(=O)OCCOCC.C=CC(=O)NC(C)C. The van der Waals surface area contributed by atoms with Gasteiger partial charge in [-0.2, -0.15) is 0 Å². The molecule has 5 nitrogen and oxygen atoms in total. The molecular weight excluding hydrogens is 246 g/mol. The first kappa shape index (κ1) is 19.7. The molecule has 19 heavy (non-hydrogen) atoms. The van der Waals surface area contributed by atoms with Crippen molar-refractivity contribution in [2.24, 2.45) is 0 Å². The average Bonchev–Trinajstić information content (AvgIpc) is 2.34. The lowest BCUT2D eigenvalue weighted by Gasteiger charge is -2.03. The zero-order valence-electron chi connectivity index (χ0n) is 12.3. The first-order chi connectivity index (χ1) is 8.84. The van der Waals surface area contributed by atoms with Gasteiger partial charge in [0.2, 0.25) is 5.91 Å². The molecule has 0 bridgehead atoms. The van der Waals surface area contributed by atoms with Gasteiger partial charge >= 0.3 is 5.97 Å². The van der Waals surface area contributed by atoms with Crippen LogP contribution in [0.25, 0.3) is 0 Å². The molecule has 0 fully saturated rings. The fourth-order valence-corrected chi connectivity index (χ4v) is 0.804. The molecule has 0 aliphatic carbocycles. The van der Waals surface area contributed by atoms with E-state index >= 15 is 0 Å². The summed E-state index contributed by atoms with van der Waals surface area (Å²) in [6.07, 6.45) is 1.26. The quantitative estimate of drug-likeness (QED) is 0.436. The number of amides is 1. The van der Waals surface area contributed by atoms with Crippen LogP contribution in [0.2, 0.25) is 0 Å². The van der Waals surface area contributed by atoms with Crippen molar-refractivity contribution in [2.45, 2.75) is 33.7 Å². The lowest BCUT2D eigenvalue weighted by Crippen LogP contribution is -2.27. The molecule has 0 aromatic heterocycles. The Morgan fingerprint density at radius 2 is 1.89 bits per heavy atom. The van der Waals surface area contributed by atoms with E-state index in [-0.39, 0.29) is 17.9 Å². The van der Waals surface area contributed by atoms with E-state index in [1.54, 1.807) is 6.92 Å². The molecule has 0 aliphatic heterocycles. The Morgan fingerprint density at radius 3 is 2.21 bits per heavy atom. The van der Waals surface area contributed by atoms with Gasteiger partial charge in [0.15, 0.2) is 0 Å². The molecule has 0 radical (unpaired) electrons. The zero-order valence-corrected chi connectivity index (χ0v) is 12.3. The molecule has 0 heterocycles. The fourth-order valence-electron chi connectivity index (χ4n) is 0.804. The zero-order chi connectivity index (χ0) is 15.3. The third-order valence-electron chi connectivity index (χ3n) is 1.63. The third-order valence-corrected chi connectivity index (χ3v) is 1.63. The predicted octanol–water partition coefficient (Wildman–Crippen LogP) is 1.84. The fraction of sp³-hybridized carbons (Fsp3) is 0.571. The van der Waals surface area contributed by atoms with E-state index in [0.29, 0.717) is 25.4 Å². The van der Waals surface area contributed by atoms with Crippen LogP contribution >= 0.6 is 0 Å². The van der Waals surface area contributed by atoms with Crippen LogP contribution in [-0.4, -0.2) is 37.7 Å². The molecule has 0 aliphatic rings. The maximum Gasteiger partial charge on any atom is 0.333 e. The van der Waals surface area contributed by atoms with Crippen molar-refractivity contribution in [1.82, 2.24) is 5.32 Å². The average molecular weight is 271 g/mol. The maximum absolute atomic E-state index is 10.7. The second-order valence-electron chi connectivity index (χ2n) is 3.98.